The van der Waals surface area contributed by atoms with Gasteiger partial charge in [0, 0.05) is 25.2 Å². The van der Waals surface area contributed by atoms with Crippen molar-refractivity contribution in [3.63, 3.8) is 0 Å². The van der Waals surface area contributed by atoms with Crippen LogP contribution in [0.1, 0.15) is 35.1 Å². The van der Waals surface area contributed by atoms with E-state index in [1.165, 1.54) is 24.3 Å². The number of amides is 1. The Bertz CT molecular complexity index is 1270. The average molecular weight is 554 g/mol. The summed E-state index contributed by atoms with van der Waals surface area (Å²) in [7, 11) is 1.61. The molecule has 1 saturated heterocycles. The first kappa shape index (κ1) is 30.0. The molecular weight excluding hydrogens is 524 g/mol. The first-order chi connectivity index (χ1) is 19.2. The summed E-state index contributed by atoms with van der Waals surface area (Å²) in [5.74, 6) is -2.56. The first-order valence-corrected chi connectivity index (χ1v) is 12.4. The fourth-order valence-corrected chi connectivity index (χ4v) is 4.21. The fourth-order valence-electron chi connectivity index (χ4n) is 4.21. The van der Waals surface area contributed by atoms with E-state index in [4.69, 9.17) is 19.7 Å². The van der Waals surface area contributed by atoms with Gasteiger partial charge in [0.2, 0.25) is 5.91 Å². The Balaban J connectivity index is 0.000000482. The van der Waals surface area contributed by atoms with E-state index in [1.807, 2.05) is 24.3 Å². The van der Waals surface area contributed by atoms with E-state index in [0.717, 1.165) is 28.9 Å². The molecule has 40 heavy (non-hydrogen) atoms. The van der Waals surface area contributed by atoms with Gasteiger partial charge in [-0.15, -0.1) is 0 Å². The number of nitrogens with zero attached hydrogens (tertiary/aromatic N) is 1. The third kappa shape index (κ3) is 8.74. The van der Waals surface area contributed by atoms with Crippen LogP contribution in [-0.2, 0) is 19.1 Å². The maximum atomic E-state index is 13.4. The van der Waals surface area contributed by atoms with Crippen LogP contribution in [0.15, 0.2) is 84.9 Å². The highest BCUT2D eigenvalue weighted by atomic mass is 19.1. The number of likely N-dealkylation sites (tertiary alicyclic amines) is 1. The molecule has 1 unspecified atom stereocenters. The van der Waals surface area contributed by atoms with E-state index >= 15 is 0 Å². The zero-order chi connectivity index (χ0) is 29.1. The molecule has 0 radical (unpaired) electrons. The molecule has 0 aliphatic carbocycles. The number of rotatable bonds is 10. The van der Waals surface area contributed by atoms with Crippen molar-refractivity contribution in [3.8, 4) is 5.75 Å². The maximum absolute atomic E-state index is 13.4. The molecule has 1 atom stereocenters. The summed E-state index contributed by atoms with van der Waals surface area (Å²) in [4.78, 5) is 33.9. The number of hydrogen-bond donors (Lipinski definition) is 2. The normalized spacial score (nSPS) is 14.8. The zero-order valence-electron chi connectivity index (χ0n) is 21.7. The van der Waals surface area contributed by atoms with Gasteiger partial charge in [0.1, 0.15) is 23.5 Å². The van der Waals surface area contributed by atoms with Gasteiger partial charge >= 0.3 is 11.9 Å². The molecule has 4 rings (SSSR count). The summed E-state index contributed by atoms with van der Waals surface area (Å²) in [6, 6.07) is 19.7. The predicted molar refractivity (Wildman–Crippen MR) is 142 cm³/mol. The third-order valence-electron chi connectivity index (χ3n) is 6.15. The maximum Gasteiger partial charge on any atom is 0.328 e. The Kier molecular flexibility index (Phi) is 10.9. The third-order valence-corrected chi connectivity index (χ3v) is 6.15. The first-order valence-electron chi connectivity index (χ1n) is 12.4. The van der Waals surface area contributed by atoms with Crippen molar-refractivity contribution in [1.82, 2.24) is 4.90 Å². The molecule has 8 nitrogen and oxygen atoms in total. The summed E-state index contributed by atoms with van der Waals surface area (Å²) in [6.45, 7) is 1.40. The zero-order valence-corrected chi connectivity index (χ0v) is 21.7. The van der Waals surface area contributed by atoms with E-state index in [-0.39, 0.29) is 23.5 Å². The van der Waals surface area contributed by atoms with Crippen LogP contribution in [-0.4, -0.2) is 59.8 Å². The second kappa shape index (κ2) is 14.5. The smallest absolute Gasteiger partial charge is 0.328 e. The molecular formula is C30H29F2NO7. The van der Waals surface area contributed by atoms with Crippen molar-refractivity contribution in [2.24, 2.45) is 0 Å². The summed E-state index contributed by atoms with van der Waals surface area (Å²) in [5.41, 5.74) is 2.48. The van der Waals surface area contributed by atoms with Crippen molar-refractivity contribution in [3.05, 3.63) is 113 Å². The van der Waals surface area contributed by atoms with Crippen molar-refractivity contribution >= 4 is 17.8 Å². The molecule has 10 heteroatoms. The molecule has 1 aliphatic heterocycles. The lowest BCUT2D eigenvalue weighted by Gasteiger charge is -2.22. The van der Waals surface area contributed by atoms with Crippen LogP contribution < -0.4 is 4.74 Å². The summed E-state index contributed by atoms with van der Waals surface area (Å²) in [6.07, 6.45) is 1.37. The molecule has 2 N–H and O–H groups in total. The summed E-state index contributed by atoms with van der Waals surface area (Å²) < 4.78 is 38.2. The van der Waals surface area contributed by atoms with Gasteiger partial charge in [0.25, 0.3) is 0 Å². The van der Waals surface area contributed by atoms with Crippen LogP contribution in [0.5, 0.6) is 5.75 Å². The number of carbonyl (C=O) groups excluding carboxylic acids is 1. The largest absolute Gasteiger partial charge is 0.497 e. The molecule has 210 valence electrons. The minimum atomic E-state index is -1.26. The minimum Gasteiger partial charge on any atom is -0.497 e. The van der Waals surface area contributed by atoms with Gasteiger partial charge in [-0.2, -0.15) is 0 Å². The van der Waals surface area contributed by atoms with Crippen molar-refractivity contribution in [1.29, 1.82) is 0 Å². The molecule has 3 aromatic rings. The molecule has 1 amide bonds. The van der Waals surface area contributed by atoms with E-state index in [2.05, 4.69) is 0 Å². The molecule has 1 aliphatic rings. The number of aliphatic carboxylic acids is 2. The summed E-state index contributed by atoms with van der Waals surface area (Å²) in [5, 5.41) is 15.6. The molecule has 0 bridgehead atoms. The second-order valence-electron chi connectivity index (χ2n) is 8.81. The van der Waals surface area contributed by atoms with Crippen LogP contribution >= 0.6 is 0 Å². The van der Waals surface area contributed by atoms with Crippen molar-refractivity contribution in [2.75, 3.05) is 26.8 Å². The van der Waals surface area contributed by atoms with Gasteiger partial charge in [-0.1, -0.05) is 36.4 Å². The van der Waals surface area contributed by atoms with Gasteiger partial charge in [-0.25, -0.2) is 18.4 Å². The Morgan fingerprint density at radius 3 is 2.00 bits per heavy atom. The van der Waals surface area contributed by atoms with E-state index in [1.54, 1.807) is 36.3 Å². The molecule has 1 fully saturated rings. The fraction of sp³-hybridized carbons (Fsp3) is 0.233. The van der Waals surface area contributed by atoms with Gasteiger partial charge in [-0.05, 0) is 59.5 Å². The van der Waals surface area contributed by atoms with Crippen LogP contribution in [0.4, 0.5) is 8.78 Å². The van der Waals surface area contributed by atoms with E-state index in [9.17, 15) is 23.2 Å². The number of methoxy groups -OCH3 is 1. The monoisotopic (exact) mass is 553 g/mol. The topological polar surface area (TPSA) is 113 Å². The molecule has 1 heterocycles. The SMILES string of the molecule is COc1cccc(C2CCN(CCOC(c3ccc(F)cc3)c3ccc(F)cc3)C2=O)c1.O=C(O)C=CC(=O)O. The van der Waals surface area contributed by atoms with Crippen LogP contribution in [0.3, 0.4) is 0 Å². The Hall–Kier alpha value is -4.57. The quantitative estimate of drug-likeness (QED) is 0.347. The number of carboxylic acids is 2. The van der Waals surface area contributed by atoms with Gasteiger partial charge in [-0.3, -0.25) is 4.79 Å². The minimum absolute atomic E-state index is 0.0713. The average Bonchev–Trinajstić information content (AvgIpc) is 3.31. The van der Waals surface area contributed by atoms with Crippen LogP contribution in [0.25, 0.3) is 0 Å². The van der Waals surface area contributed by atoms with Crippen LogP contribution in [0.2, 0.25) is 0 Å². The Labute approximate surface area is 230 Å². The van der Waals surface area contributed by atoms with Crippen molar-refractivity contribution < 1.29 is 42.9 Å². The Morgan fingerprint density at radius 2 is 1.50 bits per heavy atom. The van der Waals surface area contributed by atoms with Crippen LogP contribution in [0, 0.1) is 11.6 Å². The highest BCUT2D eigenvalue weighted by Gasteiger charge is 2.32. The molecule has 0 saturated carbocycles. The number of hydrogen-bond acceptors (Lipinski definition) is 5. The number of halogens is 2. The summed E-state index contributed by atoms with van der Waals surface area (Å²) >= 11 is 0. The van der Waals surface area contributed by atoms with E-state index in [0.29, 0.717) is 31.8 Å². The lowest BCUT2D eigenvalue weighted by molar-refractivity contribution is -0.134. The predicted octanol–water partition coefficient (Wildman–Crippen LogP) is 4.81. The highest BCUT2D eigenvalue weighted by molar-refractivity contribution is 5.89. The van der Waals surface area contributed by atoms with Gasteiger partial charge in [0.05, 0.1) is 19.6 Å². The Morgan fingerprint density at radius 1 is 0.950 bits per heavy atom. The number of carbonyl (C=O) groups is 3. The van der Waals surface area contributed by atoms with Gasteiger partial charge in [0.15, 0.2) is 0 Å². The second-order valence-corrected chi connectivity index (χ2v) is 8.81. The van der Waals surface area contributed by atoms with Crippen molar-refractivity contribution in [2.45, 2.75) is 18.4 Å². The highest BCUT2D eigenvalue weighted by Crippen LogP contribution is 2.31. The molecule has 0 aromatic heterocycles. The molecule has 0 spiro atoms. The van der Waals surface area contributed by atoms with Gasteiger partial charge < -0.3 is 24.6 Å². The number of carboxylic acid groups (broad SMARTS) is 2. The number of ether oxygens (including phenoxy) is 2. The number of benzene rings is 3. The lowest BCUT2D eigenvalue weighted by Crippen LogP contribution is -2.30. The standard InChI is InChI=1S/C26H25F2NO3.C4H4O4/c1-31-23-4-2-3-20(17-23)24-13-14-29(26(24)30)15-16-32-25(18-5-9-21(27)10-6-18)19-7-11-22(28)12-8-19;5-3(6)1-2-4(7)8/h2-12,17,24-25H,13-16H2,1H3;1-2H,(H,5,6)(H,7,8). The molecule has 3 aromatic carbocycles. The lowest BCUT2D eigenvalue weighted by atomic mass is 9.97. The van der Waals surface area contributed by atoms with E-state index < -0.39 is 18.0 Å².